The van der Waals surface area contributed by atoms with Crippen LogP contribution in [0.2, 0.25) is 0 Å². The van der Waals surface area contributed by atoms with Crippen molar-refractivity contribution in [1.29, 1.82) is 0 Å². The molecule has 24 heavy (non-hydrogen) atoms. The van der Waals surface area contributed by atoms with Crippen LogP contribution in [-0.4, -0.2) is 0 Å². The van der Waals surface area contributed by atoms with E-state index < -0.39 is 0 Å². The van der Waals surface area contributed by atoms with Crippen LogP contribution in [0.1, 0.15) is 115 Å². The molecule has 0 saturated heterocycles. The molecule has 0 nitrogen and oxygen atoms in total. The van der Waals surface area contributed by atoms with Gasteiger partial charge in [-0.05, 0) is 30.2 Å². The zero-order chi connectivity index (χ0) is 16.9. The van der Waals surface area contributed by atoms with Gasteiger partial charge in [-0.3, -0.25) is 0 Å². The van der Waals surface area contributed by atoms with Gasteiger partial charge in [0.15, 0.2) is 0 Å². The highest BCUT2D eigenvalue weighted by Crippen LogP contribution is 2.43. The Balaban J connectivity index is 1.63. The quantitative estimate of drug-likeness (QED) is 0.339. The van der Waals surface area contributed by atoms with Gasteiger partial charge in [-0.1, -0.05) is 121 Å². The van der Waals surface area contributed by atoms with Gasteiger partial charge < -0.3 is 0 Å². The molecule has 2 rings (SSSR count). The Kier molecular flexibility index (Phi) is 9.54. The SMILES string of the molecule is CCCCCCCCCCCCC1(c2ccccc2)CCCCC1. The molecule has 0 aromatic heterocycles. The molecule has 1 fully saturated rings. The van der Waals surface area contributed by atoms with Gasteiger partial charge in [-0.2, -0.15) is 0 Å². The summed E-state index contributed by atoms with van der Waals surface area (Å²) in [4.78, 5) is 0. The smallest absolute Gasteiger partial charge is 0.00470 e. The summed E-state index contributed by atoms with van der Waals surface area (Å²) in [5, 5.41) is 0. The Morgan fingerprint density at radius 1 is 0.667 bits per heavy atom. The van der Waals surface area contributed by atoms with Gasteiger partial charge >= 0.3 is 0 Å². The Morgan fingerprint density at radius 2 is 1.21 bits per heavy atom. The van der Waals surface area contributed by atoms with Crippen LogP contribution in [0.4, 0.5) is 0 Å². The Bertz CT molecular complexity index is 399. The lowest BCUT2D eigenvalue weighted by Crippen LogP contribution is -2.29. The van der Waals surface area contributed by atoms with E-state index >= 15 is 0 Å². The van der Waals surface area contributed by atoms with Crippen molar-refractivity contribution in [2.24, 2.45) is 0 Å². The van der Waals surface area contributed by atoms with E-state index in [4.69, 9.17) is 0 Å². The second-order valence-corrected chi connectivity index (χ2v) is 8.14. The highest BCUT2D eigenvalue weighted by Gasteiger charge is 2.32. The molecule has 1 saturated carbocycles. The average molecular weight is 329 g/mol. The van der Waals surface area contributed by atoms with Crippen LogP contribution in [0, 0.1) is 0 Å². The van der Waals surface area contributed by atoms with E-state index in [1.807, 2.05) is 0 Å². The lowest BCUT2D eigenvalue weighted by atomic mass is 9.66. The van der Waals surface area contributed by atoms with Crippen LogP contribution >= 0.6 is 0 Å². The third kappa shape index (κ3) is 6.61. The van der Waals surface area contributed by atoms with Crippen LogP contribution in [0.5, 0.6) is 0 Å². The van der Waals surface area contributed by atoms with Crippen molar-refractivity contribution in [2.45, 2.75) is 115 Å². The molecule has 0 heterocycles. The molecule has 0 unspecified atom stereocenters. The van der Waals surface area contributed by atoms with Gasteiger partial charge in [0, 0.05) is 0 Å². The van der Waals surface area contributed by atoms with E-state index in [1.165, 1.54) is 103 Å². The fourth-order valence-corrected chi connectivity index (χ4v) is 4.65. The third-order valence-electron chi connectivity index (χ3n) is 6.21. The first-order chi connectivity index (χ1) is 11.9. The van der Waals surface area contributed by atoms with Crippen LogP contribution < -0.4 is 0 Å². The van der Waals surface area contributed by atoms with Gasteiger partial charge in [0.1, 0.15) is 0 Å². The minimum Gasteiger partial charge on any atom is -0.0654 e. The summed E-state index contributed by atoms with van der Waals surface area (Å²) in [6.45, 7) is 2.30. The molecule has 0 heteroatoms. The summed E-state index contributed by atoms with van der Waals surface area (Å²) in [5.41, 5.74) is 2.14. The standard InChI is InChI=1S/C24H40/c1-2-3-4-5-6-7-8-9-10-15-20-24(21-16-12-17-22-24)23-18-13-11-14-19-23/h11,13-14,18-19H,2-10,12,15-17,20-22H2,1H3. The molecule has 0 aliphatic heterocycles. The largest absolute Gasteiger partial charge is 0.0654 e. The fraction of sp³-hybridized carbons (Fsp3) is 0.750. The first kappa shape index (κ1) is 19.5. The molecular formula is C24H40. The molecule has 0 bridgehead atoms. The average Bonchev–Trinajstić information content (AvgIpc) is 2.65. The molecule has 0 radical (unpaired) electrons. The molecule has 0 spiro atoms. The summed E-state index contributed by atoms with van der Waals surface area (Å²) in [6, 6.07) is 11.4. The van der Waals surface area contributed by atoms with Crippen molar-refractivity contribution >= 4 is 0 Å². The normalized spacial score (nSPS) is 17.0. The number of benzene rings is 1. The van der Waals surface area contributed by atoms with Gasteiger partial charge in [-0.15, -0.1) is 0 Å². The van der Waals surface area contributed by atoms with Crippen molar-refractivity contribution in [1.82, 2.24) is 0 Å². The van der Waals surface area contributed by atoms with Gasteiger partial charge in [-0.25, -0.2) is 0 Å². The molecule has 1 aromatic rings. The summed E-state index contributed by atoms with van der Waals surface area (Å²) >= 11 is 0. The summed E-state index contributed by atoms with van der Waals surface area (Å²) in [6.07, 6.45) is 23.0. The Labute approximate surface area is 151 Å². The van der Waals surface area contributed by atoms with E-state index in [0.717, 1.165) is 0 Å². The molecule has 1 aromatic carbocycles. The van der Waals surface area contributed by atoms with Crippen molar-refractivity contribution < 1.29 is 0 Å². The maximum atomic E-state index is 2.39. The molecule has 0 N–H and O–H groups in total. The molecule has 136 valence electrons. The predicted molar refractivity (Wildman–Crippen MR) is 108 cm³/mol. The summed E-state index contributed by atoms with van der Waals surface area (Å²) in [5.74, 6) is 0. The molecule has 1 aliphatic carbocycles. The second-order valence-electron chi connectivity index (χ2n) is 8.14. The van der Waals surface area contributed by atoms with E-state index in [1.54, 1.807) is 5.56 Å². The molecular weight excluding hydrogens is 288 g/mol. The minimum atomic E-state index is 0.514. The zero-order valence-corrected chi connectivity index (χ0v) is 16.2. The number of hydrogen-bond acceptors (Lipinski definition) is 0. The van der Waals surface area contributed by atoms with Crippen LogP contribution in [0.3, 0.4) is 0 Å². The number of unbranched alkanes of at least 4 members (excludes halogenated alkanes) is 9. The lowest BCUT2D eigenvalue weighted by Gasteiger charge is -2.38. The summed E-state index contributed by atoms with van der Waals surface area (Å²) < 4.78 is 0. The molecule has 0 amide bonds. The Morgan fingerprint density at radius 3 is 1.79 bits per heavy atom. The highest BCUT2D eigenvalue weighted by molar-refractivity contribution is 5.25. The predicted octanol–water partition coefficient (Wildman–Crippen LogP) is 8.20. The maximum absolute atomic E-state index is 2.39. The van der Waals surface area contributed by atoms with Crippen LogP contribution in [0.15, 0.2) is 30.3 Å². The highest BCUT2D eigenvalue weighted by atomic mass is 14.4. The Hall–Kier alpha value is -0.780. The molecule has 0 atom stereocenters. The van der Waals surface area contributed by atoms with E-state index in [-0.39, 0.29) is 0 Å². The second kappa shape index (κ2) is 11.7. The number of hydrogen-bond donors (Lipinski definition) is 0. The van der Waals surface area contributed by atoms with Crippen molar-refractivity contribution in [3.63, 3.8) is 0 Å². The first-order valence-electron chi connectivity index (χ1n) is 10.9. The van der Waals surface area contributed by atoms with Gasteiger partial charge in [0.2, 0.25) is 0 Å². The van der Waals surface area contributed by atoms with Gasteiger partial charge in [0.25, 0.3) is 0 Å². The van der Waals surface area contributed by atoms with E-state index in [9.17, 15) is 0 Å². The van der Waals surface area contributed by atoms with Gasteiger partial charge in [0.05, 0.1) is 0 Å². The fourth-order valence-electron chi connectivity index (χ4n) is 4.65. The first-order valence-corrected chi connectivity index (χ1v) is 10.9. The van der Waals surface area contributed by atoms with Crippen LogP contribution in [-0.2, 0) is 5.41 Å². The number of rotatable bonds is 12. The molecule has 1 aliphatic rings. The van der Waals surface area contributed by atoms with E-state index in [0.29, 0.717) is 5.41 Å². The van der Waals surface area contributed by atoms with Crippen molar-refractivity contribution in [2.75, 3.05) is 0 Å². The maximum Gasteiger partial charge on any atom is -0.00470 e. The monoisotopic (exact) mass is 328 g/mol. The van der Waals surface area contributed by atoms with E-state index in [2.05, 4.69) is 37.3 Å². The minimum absolute atomic E-state index is 0.514. The zero-order valence-electron chi connectivity index (χ0n) is 16.2. The lowest BCUT2D eigenvalue weighted by molar-refractivity contribution is 0.265. The summed E-state index contributed by atoms with van der Waals surface area (Å²) in [7, 11) is 0. The van der Waals surface area contributed by atoms with Crippen molar-refractivity contribution in [3.8, 4) is 0 Å². The van der Waals surface area contributed by atoms with Crippen LogP contribution in [0.25, 0.3) is 0 Å². The van der Waals surface area contributed by atoms with Crippen molar-refractivity contribution in [3.05, 3.63) is 35.9 Å². The third-order valence-corrected chi connectivity index (χ3v) is 6.21. The topological polar surface area (TPSA) is 0 Å².